The first-order chi connectivity index (χ1) is 8.95. The highest BCUT2D eigenvalue weighted by Crippen LogP contribution is 2.16. The molecule has 0 atom stereocenters. The molecule has 0 saturated heterocycles. The zero-order chi connectivity index (χ0) is 14.3. The summed E-state index contributed by atoms with van der Waals surface area (Å²) >= 11 is 5.13. The minimum absolute atomic E-state index is 0.160. The zero-order valence-corrected chi connectivity index (χ0v) is 12.1. The van der Waals surface area contributed by atoms with Gasteiger partial charge in [-0.05, 0) is 42.3 Å². The van der Waals surface area contributed by atoms with Crippen molar-refractivity contribution in [3.63, 3.8) is 0 Å². The van der Waals surface area contributed by atoms with Gasteiger partial charge in [-0.25, -0.2) is 13.1 Å². The lowest BCUT2D eigenvalue weighted by atomic mass is 10.3. The molecule has 0 unspecified atom stereocenters. The maximum absolute atomic E-state index is 11.9. The van der Waals surface area contributed by atoms with E-state index >= 15 is 0 Å². The van der Waals surface area contributed by atoms with Crippen LogP contribution in [0.15, 0.2) is 29.2 Å². The van der Waals surface area contributed by atoms with Gasteiger partial charge in [0.1, 0.15) is 5.75 Å². The first-order valence-corrected chi connectivity index (χ1v) is 7.72. The minimum atomic E-state index is -3.48. The van der Waals surface area contributed by atoms with Gasteiger partial charge in [0, 0.05) is 6.54 Å². The Morgan fingerprint density at radius 3 is 2.47 bits per heavy atom. The van der Waals surface area contributed by atoms with Crippen LogP contribution in [0.3, 0.4) is 0 Å². The smallest absolute Gasteiger partial charge is 0.259 e. The Kier molecular flexibility index (Phi) is 6.27. The molecule has 106 valence electrons. The number of nitrogens with one attached hydrogen (secondary N) is 1. The molecule has 0 aliphatic carbocycles. The van der Waals surface area contributed by atoms with Crippen molar-refractivity contribution in [3.05, 3.63) is 24.3 Å². The molecule has 0 radical (unpaired) electrons. The van der Waals surface area contributed by atoms with Crippen LogP contribution >= 0.6 is 11.6 Å². The van der Waals surface area contributed by atoms with Crippen molar-refractivity contribution in [3.8, 4) is 5.75 Å². The van der Waals surface area contributed by atoms with Gasteiger partial charge in [-0.1, -0.05) is 13.3 Å². The molecule has 1 aromatic carbocycles. The van der Waals surface area contributed by atoms with E-state index in [4.69, 9.17) is 16.3 Å². The lowest BCUT2D eigenvalue weighted by Gasteiger charge is -2.07. The van der Waals surface area contributed by atoms with Crippen LogP contribution in [0.2, 0.25) is 0 Å². The van der Waals surface area contributed by atoms with Gasteiger partial charge in [-0.15, -0.1) is 0 Å². The number of ether oxygens (including phenoxy) is 1. The molecule has 0 aliphatic heterocycles. The van der Waals surface area contributed by atoms with Crippen LogP contribution < -0.4 is 9.46 Å². The molecule has 0 bridgehead atoms. The molecule has 0 saturated carbocycles. The Bertz CT molecular complexity index is 513. The van der Waals surface area contributed by atoms with E-state index in [1.165, 1.54) is 24.3 Å². The van der Waals surface area contributed by atoms with E-state index in [-0.39, 0.29) is 11.5 Å². The molecule has 7 heteroatoms. The van der Waals surface area contributed by atoms with Crippen LogP contribution in [0.25, 0.3) is 0 Å². The molecule has 1 rings (SSSR count). The Balaban J connectivity index is 2.66. The third kappa shape index (κ3) is 5.59. The standard InChI is InChI=1S/C12H16ClNO4S/c1-2-3-8-14-19(16,17)11-6-4-10(5-7-11)18-9-12(13)15/h4-7,14H,2-3,8-9H2,1H3. The number of carbonyl (C=O) groups is 1. The monoisotopic (exact) mass is 305 g/mol. The van der Waals surface area contributed by atoms with Gasteiger partial charge >= 0.3 is 0 Å². The van der Waals surface area contributed by atoms with Crippen LogP contribution in [0, 0.1) is 0 Å². The topological polar surface area (TPSA) is 72.5 Å². The predicted molar refractivity (Wildman–Crippen MR) is 72.9 cm³/mol. The molecule has 19 heavy (non-hydrogen) atoms. The molecule has 1 aromatic rings. The second-order valence-corrected chi connectivity index (χ2v) is 6.06. The highest BCUT2D eigenvalue weighted by atomic mass is 35.5. The largest absolute Gasteiger partial charge is 0.484 e. The maximum Gasteiger partial charge on any atom is 0.259 e. The third-order valence-electron chi connectivity index (χ3n) is 2.31. The number of benzene rings is 1. The first-order valence-electron chi connectivity index (χ1n) is 5.86. The van der Waals surface area contributed by atoms with E-state index in [0.29, 0.717) is 12.3 Å². The molecular weight excluding hydrogens is 290 g/mol. The molecule has 0 aromatic heterocycles. The first kappa shape index (κ1) is 15.9. The van der Waals surface area contributed by atoms with Gasteiger partial charge < -0.3 is 4.74 Å². The number of unbranched alkanes of at least 4 members (excludes halogenated alkanes) is 1. The fourth-order valence-electron chi connectivity index (χ4n) is 1.32. The van der Waals surface area contributed by atoms with Gasteiger partial charge in [0.2, 0.25) is 10.0 Å². The summed E-state index contributed by atoms with van der Waals surface area (Å²) in [5, 5.41) is -0.613. The van der Waals surface area contributed by atoms with Crippen molar-refractivity contribution in [1.29, 1.82) is 0 Å². The third-order valence-corrected chi connectivity index (χ3v) is 3.89. The molecule has 0 heterocycles. The minimum Gasteiger partial charge on any atom is -0.484 e. The quantitative estimate of drug-likeness (QED) is 0.588. The van der Waals surface area contributed by atoms with Crippen molar-refractivity contribution in [1.82, 2.24) is 4.72 Å². The lowest BCUT2D eigenvalue weighted by molar-refractivity contribution is -0.113. The second-order valence-electron chi connectivity index (χ2n) is 3.87. The highest BCUT2D eigenvalue weighted by Gasteiger charge is 2.12. The Hall–Kier alpha value is -1.11. The average Bonchev–Trinajstić information content (AvgIpc) is 2.37. The van der Waals surface area contributed by atoms with Gasteiger partial charge in [-0.3, -0.25) is 4.79 Å². The molecule has 0 amide bonds. The molecular formula is C12H16ClNO4S. The fourth-order valence-corrected chi connectivity index (χ4v) is 2.45. The molecule has 5 nitrogen and oxygen atoms in total. The van der Waals surface area contributed by atoms with E-state index < -0.39 is 15.3 Å². The fraction of sp³-hybridized carbons (Fsp3) is 0.417. The average molecular weight is 306 g/mol. The van der Waals surface area contributed by atoms with Crippen molar-refractivity contribution in [2.75, 3.05) is 13.2 Å². The summed E-state index contributed by atoms with van der Waals surface area (Å²) in [6, 6.07) is 5.80. The summed E-state index contributed by atoms with van der Waals surface area (Å²) in [6.45, 7) is 2.15. The van der Waals surface area contributed by atoms with Crippen LogP contribution in [0.1, 0.15) is 19.8 Å². The van der Waals surface area contributed by atoms with Crippen LogP contribution in [-0.2, 0) is 14.8 Å². The predicted octanol–water partition coefficient (Wildman–Crippen LogP) is 1.91. The highest BCUT2D eigenvalue weighted by molar-refractivity contribution is 7.89. The van der Waals surface area contributed by atoms with Crippen molar-refractivity contribution < 1.29 is 17.9 Å². The van der Waals surface area contributed by atoms with Crippen LogP contribution in [-0.4, -0.2) is 26.8 Å². The summed E-state index contributed by atoms with van der Waals surface area (Å²) in [5.74, 6) is 0.390. The van der Waals surface area contributed by atoms with E-state index in [0.717, 1.165) is 12.8 Å². The van der Waals surface area contributed by atoms with Gasteiger partial charge in [0.25, 0.3) is 5.24 Å². The van der Waals surface area contributed by atoms with E-state index in [1.54, 1.807) is 0 Å². The number of halogens is 1. The van der Waals surface area contributed by atoms with Crippen molar-refractivity contribution in [2.24, 2.45) is 0 Å². The summed E-state index contributed by atoms with van der Waals surface area (Å²) < 4.78 is 31.3. The molecule has 0 spiro atoms. The molecule has 0 fully saturated rings. The number of sulfonamides is 1. The van der Waals surface area contributed by atoms with Gasteiger partial charge in [0.15, 0.2) is 6.61 Å². The number of hydrogen-bond acceptors (Lipinski definition) is 4. The summed E-state index contributed by atoms with van der Waals surface area (Å²) in [7, 11) is -3.48. The van der Waals surface area contributed by atoms with Gasteiger partial charge in [0.05, 0.1) is 4.90 Å². The van der Waals surface area contributed by atoms with Gasteiger partial charge in [-0.2, -0.15) is 0 Å². The lowest BCUT2D eigenvalue weighted by Crippen LogP contribution is -2.24. The Morgan fingerprint density at radius 1 is 1.32 bits per heavy atom. The summed E-state index contributed by atoms with van der Waals surface area (Å²) in [6.07, 6.45) is 1.71. The van der Waals surface area contributed by atoms with Crippen LogP contribution in [0.5, 0.6) is 5.75 Å². The van der Waals surface area contributed by atoms with E-state index in [9.17, 15) is 13.2 Å². The molecule has 1 N–H and O–H groups in total. The summed E-state index contributed by atoms with van der Waals surface area (Å²) in [4.78, 5) is 10.7. The Morgan fingerprint density at radius 2 is 1.95 bits per heavy atom. The zero-order valence-electron chi connectivity index (χ0n) is 10.6. The normalized spacial score (nSPS) is 11.3. The van der Waals surface area contributed by atoms with Crippen molar-refractivity contribution >= 4 is 26.9 Å². The van der Waals surface area contributed by atoms with E-state index in [2.05, 4.69) is 4.72 Å². The van der Waals surface area contributed by atoms with Crippen LogP contribution in [0.4, 0.5) is 0 Å². The maximum atomic E-state index is 11.9. The number of carbonyl (C=O) groups excluding carboxylic acids is 1. The Labute approximate surface area is 118 Å². The molecule has 0 aliphatic rings. The number of rotatable bonds is 8. The number of hydrogen-bond donors (Lipinski definition) is 1. The SMILES string of the molecule is CCCCNS(=O)(=O)c1ccc(OCC(=O)Cl)cc1. The van der Waals surface area contributed by atoms with Crippen molar-refractivity contribution in [2.45, 2.75) is 24.7 Å². The van der Waals surface area contributed by atoms with E-state index in [1.807, 2.05) is 6.92 Å². The second kappa shape index (κ2) is 7.47. The summed E-state index contributed by atoms with van der Waals surface area (Å²) in [5.41, 5.74) is 0.